The molecule has 124 valence electrons. The van der Waals surface area contributed by atoms with Gasteiger partial charge in [-0.2, -0.15) is 8.97 Å². The Morgan fingerprint density at radius 2 is 2.00 bits per heavy atom. The van der Waals surface area contributed by atoms with Crippen LogP contribution in [0.5, 0.6) is 5.88 Å². The molecule has 0 aliphatic rings. The van der Waals surface area contributed by atoms with Crippen LogP contribution in [-0.4, -0.2) is 9.51 Å². The van der Waals surface area contributed by atoms with Gasteiger partial charge >= 0.3 is 5.56 Å². The number of rotatable bonds is 4. The van der Waals surface area contributed by atoms with E-state index in [1.165, 1.54) is 22.6 Å². The first-order chi connectivity index (χ1) is 11.5. The van der Waals surface area contributed by atoms with E-state index >= 15 is 0 Å². The van der Waals surface area contributed by atoms with Crippen LogP contribution in [0.1, 0.15) is 25.3 Å². The number of hydrogen-bond acceptors (Lipinski definition) is 2. The van der Waals surface area contributed by atoms with Crippen molar-refractivity contribution in [3.05, 3.63) is 64.6 Å². The predicted molar refractivity (Wildman–Crippen MR) is 86.2 cm³/mol. The summed E-state index contributed by atoms with van der Waals surface area (Å²) in [7, 11) is 0. The zero-order valence-electron chi connectivity index (χ0n) is 13.1. The Hall–Kier alpha value is -2.76. The van der Waals surface area contributed by atoms with E-state index in [0.29, 0.717) is 12.2 Å². The minimum atomic E-state index is -2.64. The summed E-state index contributed by atoms with van der Waals surface area (Å²) in [5.41, 5.74) is 0.219. The number of aryl methyl sites for hydroxylation is 1. The first-order valence-corrected chi connectivity index (χ1v) is 7.69. The molecule has 0 atom stereocenters. The SMILES string of the molecule is CCC[n+]1c(O)c(-c2cccc(C(F)F)c2)c(=O)n2ccccc21. The molecule has 6 heteroatoms. The summed E-state index contributed by atoms with van der Waals surface area (Å²) in [5.74, 6) is -0.209. The second-order valence-corrected chi connectivity index (χ2v) is 5.51. The Kier molecular flexibility index (Phi) is 4.29. The monoisotopic (exact) mass is 331 g/mol. The first-order valence-electron chi connectivity index (χ1n) is 7.69. The molecule has 1 aromatic carbocycles. The van der Waals surface area contributed by atoms with E-state index in [-0.39, 0.29) is 22.6 Å². The third-order valence-electron chi connectivity index (χ3n) is 3.90. The molecule has 0 saturated heterocycles. The van der Waals surface area contributed by atoms with Gasteiger partial charge < -0.3 is 5.11 Å². The van der Waals surface area contributed by atoms with Crippen molar-refractivity contribution in [1.82, 2.24) is 4.40 Å². The van der Waals surface area contributed by atoms with Crippen molar-refractivity contribution in [1.29, 1.82) is 0 Å². The molecule has 0 amide bonds. The van der Waals surface area contributed by atoms with Crippen LogP contribution in [0.3, 0.4) is 0 Å². The smallest absolute Gasteiger partial charge is 0.354 e. The molecule has 0 saturated carbocycles. The molecule has 0 spiro atoms. The second kappa shape index (κ2) is 6.39. The lowest BCUT2D eigenvalue weighted by atomic mass is 10.0. The summed E-state index contributed by atoms with van der Waals surface area (Å²) in [6.07, 6.45) is -0.292. The zero-order chi connectivity index (χ0) is 17.3. The van der Waals surface area contributed by atoms with Gasteiger partial charge in [-0.1, -0.05) is 31.2 Å². The molecule has 2 aromatic heterocycles. The number of benzene rings is 1. The van der Waals surface area contributed by atoms with Gasteiger partial charge in [0.05, 0.1) is 12.7 Å². The van der Waals surface area contributed by atoms with Crippen molar-refractivity contribution in [3.8, 4) is 17.0 Å². The molecule has 0 unspecified atom stereocenters. The Morgan fingerprint density at radius 3 is 2.71 bits per heavy atom. The van der Waals surface area contributed by atoms with Crippen LogP contribution < -0.4 is 10.1 Å². The number of aromatic hydroxyl groups is 1. The molecule has 0 aliphatic heterocycles. The summed E-state index contributed by atoms with van der Waals surface area (Å²) in [5, 5.41) is 10.6. The Balaban J connectivity index is 2.36. The normalized spacial score (nSPS) is 11.3. The highest BCUT2D eigenvalue weighted by Crippen LogP contribution is 2.27. The molecule has 4 nitrogen and oxygen atoms in total. The van der Waals surface area contributed by atoms with Crippen LogP contribution in [0.4, 0.5) is 8.78 Å². The molecule has 0 bridgehead atoms. The highest BCUT2D eigenvalue weighted by molar-refractivity contribution is 5.67. The standard InChI is InChI=1S/C18H16F2N2O2/c1-2-9-21-14-8-3-4-10-22(14)18(24)15(17(21)23)12-6-5-7-13(11-12)16(19)20/h3-8,10-11,16H,2,9H2,1H3/p+1. The summed E-state index contributed by atoms with van der Waals surface area (Å²) in [6.45, 7) is 2.45. The van der Waals surface area contributed by atoms with Crippen LogP contribution in [0.2, 0.25) is 0 Å². The summed E-state index contributed by atoms with van der Waals surface area (Å²) >= 11 is 0. The van der Waals surface area contributed by atoms with Gasteiger partial charge in [0.2, 0.25) is 0 Å². The van der Waals surface area contributed by atoms with Crippen molar-refractivity contribution in [2.45, 2.75) is 26.3 Å². The minimum absolute atomic E-state index is 0.0228. The summed E-state index contributed by atoms with van der Waals surface area (Å²) in [4.78, 5) is 12.8. The zero-order valence-corrected chi connectivity index (χ0v) is 13.1. The van der Waals surface area contributed by atoms with E-state index < -0.39 is 12.0 Å². The molecule has 0 aliphatic carbocycles. The van der Waals surface area contributed by atoms with E-state index in [0.717, 1.165) is 6.42 Å². The van der Waals surface area contributed by atoms with E-state index in [1.54, 1.807) is 35.0 Å². The Bertz CT molecular complexity index is 951. The van der Waals surface area contributed by atoms with Crippen LogP contribution in [0.25, 0.3) is 16.8 Å². The number of aromatic nitrogens is 2. The topological polar surface area (TPSA) is 45.6 Å². The van der Waals surface area contributed by atoms with Gasteiger partial charge in [0, 0.05) is 11.6 Å². The summed E-state index contributed by atoms with van der Waals surface area (Å²) < 4.78 is 29.0. The third-order valence-corrected chi connectivity index (χ3v) is 3.90. The van der Waals surface area contributed by atoms with E-state index in [9.17, 15) is 18.7 Å². The van der Waals surface area contributed by atoms with Crippen molar-refractivity contribution in [2.75, 3.05) is 0 Å². The first kappa shape index (κ1) is 16.1. The quantitative estimate of drug-likeness (QED) is 0.746. The number of pyridine rings is 1. The maximum Gasteiger partial charge on any atom is 0.354 e. The predicted octanol–water partition coefficient (Wildman–Crippen LogP) is 3.31. The lowest BCUT2D eigenvalue weighted by molar-refractivity contribution is -0.680. The number of fused-ring (bicyclic) bond motifs is 1. The summed E-state index contributed by atoms with van der Waals surface area (Å²) in [6, 6.07) is 10.8. The number of halogens is 2. The molecule has 0 fully saturated rings. The van der Waals surface area contributed by atoms with E-state index in [4.69, 9.17) is 0 Å². The highest BCUT2D eigenvalue weighted by Gasteiger charge is 2.24. The fourth-order valence-corrected chi connectivity index (χ4v) is 2.81. The third kappa shape index (κ3) is 2.64. The lowest BCUT2D eigenvalue weighted by Gasteiger charge is -2.10. The molecule has 3 rings (SSSR count). The molecule has 2 heterocycles. The fraction of sp³-hybridized carbons (Fsp3) is 0.222. The van der Waals surface area contributed by atoms with Crippen molar-refractivity contribution < 1.29 is 18.5 Å². The van der Waals surface area contributed by atoms with Crippen molar-refractivity contribution >= 4 is 5.65 Å². The van der Waals surface area contributed by atoms with Crippen LogP contribution in [0, 0.1) is 0 Å². The molecule has 3 aromatic rings. The Labute approximate surface area is 137 Å². The number of nitrogens with zero attached hydrogens (tertiary/aromatic N) is 2. The van der Waals surface area contributed by atoms with Gasteiger partial charge in [-0.25, -0.2) is 13.6 Å². The Morgan fingerprint density at radius 1 is 1.21 bits per heavy atom. The van der Waals surface area contributed by atoms with Gasteiger partial charge in [0.1, 0.15) is 0 Å². The van der Waals surface area contributed by atoms with Crippen LogP contribution in [-0.2, 0) is 6.54 Å². The minimum Gasteiger partial charge on any atom is -0.477 e. The molecule has 24 heavy (non-hydrogen) atoms. The molecule has 0 radical (unpaired) electrons. The second-order valence-electron chi connectivity index (χ2n) is 5.51. The maximum atomic E-state index is 13.0. The maximum absolute atomic E-state index is 13.0. The van der Waals surface area contributed by atoms with Gasteiger partial charge in [-0.05, 0) is 24.1 Å². The molecule has 1 N–H and O–H groups in total. The lowest BCUT2D eigenvalue weighted by Crippen LogP contribution is -2.40. The van der Waals surface area contributed by atoms with Crippen LogP contribution in [0.15, 0.2) is 53.5 Å². The number of hydrogen-bond donors (Lipinski definition) is 1. The van der Waals surface area contributed by atoms with Crippen LogP contribution >= 0.6 is 0 Å². The highest BCUT2D eigenvalue weighted by atomic mass is 19.3. The van der Waals surface area contributed by atoms with E-state index in [1.807, 2.05) is 6.92 Å². The van der Waals surface area contributed by atoms with E-state index in [2.05, 4.69) is 0 Å². The van der Waals surface area contributed by atoms with Crippen molar-refractivity contribution in [2.24, 2.45) is 0 Å². The fourth-order valence-electron chi connectivity index (χ4n) is 2.81. The van der Waals surface area contributed by atoms with Gasteiger partial charge in [0.25, 0.3) is 18.0 Å². The molecular formula is C18H17F2N2O2+. The average molecular weight is 331 g/mol. The molecular weight excluding hydrogens is 314 g/mol. The average Bonchev–Trinajstić information content (AvgIpc) is 2.59. The van der Waals surface area contributed by atoms with Gasteiger partial charge in [-0.15, -0.1) is 0 Å². The largest absolute Gasteiger partial charge is 0.477 e. The number of alkyl halides is 2. The van der Waals surface area contributed by atoms with Crippen molar-refractivity contribution in [3.63, 3.8) is 0 Å². The van der Waals surface area contributed by atoms with Gasteiger partial charge in [0.15, 0.2) is 5.56 Å². The van der Waals surface area contributed by atoms with Gasteiger partial charge in [-0.3, -0.25) is 0 Å².